The van der Waals surface area contributed by atoms with Crippen molar-refractivity contribution < 1.29 is 9.53 Å². The van der Waals surface area contributed by atoms with Crippen LogP contribution in [0.4, 0.5) is 4.79 Å². The van der Waals surface area contributed by atoms with Gasteiger partial charge in [-0.05, 0) is 30.7 Å². The Bertz CT molecular complexity index is 436. The Morgan fingerprint density at radius 2 is 2.06 bits per heavy atom. The molecule has 5 heteroatoms. The minimum absolute atomic E-state index is 0.652. The topological polar surface area (TPSA) is 76.7 Å². The van der Waals surface area contributed by atoms with Crippen molar-refractivity contribution in [2.24, 2.45) is 10.8 Å². The molecule has 0 spiro atoms. The summed E-state index contributed by atoms with van der Waals surface area (Å²) in [6.45, 7) is 1.76. The lowest BCUT2D eigenvalue weighted by atomic mass is 10.2. The SMILES string of the molecule is COc1ccc(/C=C/C(C)=N/NC(N)=O)cc1. The zero-order valence-electron chi connectivity index (χ0n) is 9.81. The first-order chi connectivity index (χ1) is 8.11. The van der Waals surface area contributed by atoms with Crippen LogP contribution in [0.25, 0.3) is 6.08 Å². The molecule has 3 N–H and O–H groups in total. The Kier molecular flexibility index (Phi) is 4.75. The van der Waals surface area contributed by atoms with Crippen molar-refractivity contribution >= 4 is 17.8 Å². The summed E-state index contributed by atoms with van der Waals surface area (Å²) < 4.78 is 5.05. The van der Waals surface area contributed by atoms with Crippen LogP contribution < -0.4 is 15.9 Å². The maximum absolute atomic E-state index is 10.4. The Morgan fingerprint density at radius 3 is 2.59 bits per heavy atom. The second-order valence-electron chi connectivity index (χ2n) is 3.34. The molecule has 0 saturated heterocycles. The lowest BCUT2D eigenvalue weighted by Gasteiger charge is -1.99. The van der Waals surface area contributed by atoms with Crippen molar-refractivity contribution in [3.05, 3.63) is 35.9 Å². The lowest BCUT2D eigenvalue weighted by molar-refractivity contribution is 0.249. The van der Waals surface area contributed by atoms with E-state index >= 15 is 0 Å². The molecule has 0 aliphatic rings. The number of ether oxygens (including phenoxy) is 1. The fourth-order valence-corrected chi connectivity index (χ4v) is 1.11. The van der Waals surface area contributed by atoms with Crippen LogP contribution in [0, 0.1) is 0 Å². The number of methoxy groups -OCH3 is 1. The Morgan fingerprint density at radius 1 is 1.41 bits per heavy atom. The summed E-state index contributed by atoms with van der Waals surface area (Å²) in [4.78, 5) is 10.4. The molecule has 0 unspecified atom stereocenters. The summed E-state index contributed by atoms with van der Waals surface area (Å²) in [6.07, 6.45) is 3.65. The summed E-state index contributed by atoms with van der Waals surface area (Å²) in [5, 5.41) is 3.75. The fourth-order valence-electron chi connectivity index (χ4n) is 1.11. The molecule has 0 fully saturated rings. The van der Waals surface area contributed by atoms with Crippen molar-refractivity contribution in [2.75, 3.05) is 7.11 Å². The van der Waals surface area contributed by atoms with Gasteiger partial charge in [0.25, 0.3) is 0 Å². The smallest absolute Gasteiger partial charge is 0.332 e. The molecule has 0 heterocycles. The molecule has 2 amide bonds. The van der Waals surface area contributed by atoms with Gasteiger partial charge in [0.05, 0.1) is 12.8 Å². The van der Waals surface area contributed by atoms with Gasteiger partial charge in [0.15, 0.2) is 0 Å². The summed E-state index contributed by atoms with van der Waals surface area (Å²) >= 11 is 0. The van der Waals surface area contributed by atoms with E-state index < -0.39 is 6.03 Å². The van der Waals surface area contributed by atoms with Crippen LogP contribution in [0.15, 0.2) is 35.4 Å². The van der Waals surface area contributed by atoms with Crippen LogP contribution in [0.1, 0.15) is 12.5 Å². The van der Waals surface area contributed by atoms with Crippen LogP contribution in [-0.4, -0.2) is 18.9 Å². The van der Waals surface area contributed by atoms with Crippen LogP contribution >= 0.6 is 0 Å². The van der Waals surface area contributed by atoms with E-state index in [9.17, 15) is 4.79 Å². The van der Waals surface area contributed by atoms with Crippen molar-refractivity contribution in [2.45, 2.75) is 6.92 Å². The zero-order valence-corrected chi connectivity index (χ0v) is 9.81. The predicted octanol–water partition coefficient (Wildman–Crippen LogP) is 1.75. The highest BCUT2D eigenvalue weighted by Crippen LogP contribution is 2.12. The first kappa shape index (κ1) is 12.8. The fraction of sp³-hybridized carbons (Fsp3) is 0.167. The second-order valence-corrected chi connectivity index (χ2v) is 3.34. The van der Waals surface area contributed by atoms with Gasteiger partial charge in [0.2, 0.25) is 0 Å². The van der Waals surface area contributed by atoms with E-state index in [4.69, 9.17) is 10.5 Å². The maximum atomic E-state index is 10.4. The highest BCUT2D eigenvalue weighted by atomic mass is 16.5. The third kappa shape index (κ3) is 4.83. The third-order valence-corrected chi connectivity index (χ3v) is 1.98. The van der Waals surface area contributed by atoms with E-state index in [1.807, 2.05) is 30.3 Å². The molecule has 0 atom stereocenters. The van der Waals surface area contributed by atoms with Gasteiger partial charge >= 0.3 is 6.03 Å². The van der Waals surface area contributed by atoms with Crippen LogP contribution in [0.2, 0.25) is 0 Å². The summed E-state index contributed by atoms with van der Waals surface area (Å²) in [5.74, 6) is 0.808. The Balaban J connectivity index is 2.63. The highest BCUT2D eigenvalue weighted by molar-refractivity contribution is 5.96. The summed E-state index contributed by atoms with van der Waals surface area (Å²) in [6, 6.07) is 6.90. The molecule has 0 aromatic heterocycles. The standard InChI is InChI=1S/C12H15N3O2/c1-9(14-15-12(13)16)3-4-10-5-7-11(17-2)8-6-10/h3-8H,1-2H3,(H3,13,15,16)/b4-3+,14-9+. The zero-order chi connectivity index (χ0) is 12.7. The highest BCUT2D eigenvalue weighted by Gasteiger charge is 1.91. The van der Waals surface area contributed by atoms with Crippen molar-refractivity contribution in [3.8, 4) is 5.75 Å². The number of rotatable bonds is 4. The number of carbonyl (C=O) groups excluding carboxylic acids is 1. The molecule has 0 saturated carbocycles. The lowest BCUT2D eigenvalue weighted by Crippen LogP contribution is -2.25. The number of hydrogen-bond donors (Lipinski definition) is 2. The number of primary amides is 1. The molecular weight excluding hydrogens is 218 g/mol. The second kappa shape index (κ2) is 6.32. The molecule has 90 valence electrons. The van der Waals surface area contributed by atoms with Crippen LogP contribution in [0.3, 0.4) is 0 Å². The molecule has 17 heavy (non-hydrogen) atoms. The minimum atomic E-state index is -0.679. The number of urea groups is 1. The number of allylic oxidation sites excluding steroid dienone is 1. The molecular formula is C12H15N3O2. The molecule has 1 rings (SSSR count). The molecule has 0 aliphatic heterocycles. The largest absolute Gasteiger partial charge is 0.497 e. The number of nitrogens with two attached hydrogens (primary N) is 1. The van der Waals surface area contributed by atoms with E-state index in [-0.39, 0.29) is 0 Å². The monoisotopic (exact) mass is 233 g/mol. The van der Waals surface area contributed by atoms with E-state index in [1.165, 1.54) is 0 Å². The maximum Gasteiger partial charge on any atom is 0.332 e. The molecule has 1 aromatic carbocycles. The third-order valence-electron chi connectivity index (χ3n) is 1.98. The number of hydrogen-bond acceptors (Lipinski definition) is 3. The molecule has 0 radical (unpaired) electrons. The molecule has 0 bridgehead atoms. The molecule has 0 aliphatic carbocycles. The number of carbonyl (C=O) groups is 1. The van der Waals surface area contributed by atoms with E-state index in [2.05, 4.69) is 10.5 Å². The quantitative estimate of drug-likeness (QED) is 0.614. The number of hydrazone groups is 1. The number of nitrogens with zero attached hydrogens (tertiary/aromatic N) is 1. The number of benzene rings is 1. The van der Waals surface area contributed by atoms with Crippen LogP contribution in [0.5, 0.6) is 5.75 Å². The average Bonchev–Trinajstić information content (AvgIpc) is 2.34. The predicted molar refractivity (Wildman–Crippen MR) is 67.9 cm³/mol. The van der Waals surface area contributed by atoms with Gasteiger partial charge in [-0.3, -0.25) is 0 Å². The summed E-state index contributed by atoms with van der Waals surface area (Å²) in [5.41, 5.74) is 8.71. The van der Waals surface area contributed by atoms with Gasteiger partial charge in [-0.2, -0.15) is 5.10 Å². The van der Waals surface area contributed by atoms with E-state index in [0.717, 1.165) is 11.3 Å². The van der Waals surface area contributed by atoms with Gasteiger partial charge in [0.1, 0.15) is 5.75 Å². The van der Waals surface area contributed by atoms with Gasteiger partial charge in [0, 0.05) is 0 Å². The van der Waals surface area contributed by atoms with Gasteiger partial charge in [-0.15, -0.1) is 0 Å². The Hall–Kier alpha value is -2.30. The van der Waals surface area contributed by atoms with Gasteiger partial charge in [-0.25, -0.2) is 10.2 Å². The van der Waals surface area contributed by atoms with Crippen molar-refractivity contribution in [1.29, 1.82) is 0 Å². The Labute approximate surface area is 100.0 Å². The average molecular weight is 233 g/mol. The summed E-state index contributed by atoms with van der Waals surface area (Å²) in [7, 11) is 1.62. The first-order valence-electron chi connectivity index (χ1n) is 5.03. The minimum Gasteiger partial charge on any atom is -0.497 e. The van der Waals surface area contributed by atoms with Crippen molar-refractivity contribution in [3.63, 3.8) is 0 Å². The number of nitrogens with one attached hydrogen (secondary N) is 1. The van der Waals surface area contributed by atoms with Crippen molar-refractivity contribution in [1.82, 2.24) is 5.43 Å². The van der Waals surface area contributed by atoms with Gasteiger partial charge in [-0.1, -0.05) is 18.2 Å². The van der Waals surface area contributed by atoms with E-state index in [1.54, 1.807) is 20.1 Å². The molecule has 1 aromatic rings. The number of amides is 2. The first-order valence-corrected chi connectivity index (χ1v) is 5.03. The molecule has 5 nitrogen and oxygen atoms in total. The normalized spacial score (nSPS) is 11.5. The van der Waals surface area contributed by atoms with Crippen LogP contribution in [-0.2, 0) is 0 Å². The van der Waals surface area contributed by atoms with E-state index in [0.29, 0.717) is 5.71 Å². The van der Waals surface area contributed by atoms with Gasteiger partial charge < -0.3 is 10.5 Å².